The Kier molecular flexibility index (Phi) is 8.04. The number of nitrogens with one attached hydrogen (secondary N) is 1. The Morgan fingerprint density at radius 1 is 1.13 bits per heavy atom. The fourth-order valence-corrected chi connectivity index (χ4v) is 4.18. The minimum Gasteiger partial charge on any atom is -0.348 e. The number of benzene rings is 2. The van der Waals surface area contributed by atoms with Gasteiger partial charge in [0.15, 0.2) is 0 Å². The molecule has 1 amide bonds. The highest BCUT2D eigenvalue weighted by atomic mass is 35.5. The van der Waals surface area contributed by atoms with Crippen LogP contribution in [0.4, 0.5) is 5.69 Å². The molecule has 0 fully saturated rings. The third-order valence-electron chi connectivity index (χ3n) is 5.20. The van der Waals surface area contributed by atoms with E-state index in [2.05, 4.69) is 17.3 Å². The summed E-state index contributed by atoms with van der Waals surface area (Å²) in [7, 11) is 0. The Morgan fingerprint density at radius 3 is 2.50 bits per heavy atom. The van der Waals surface area contributed by atoms with Crippen LogP contribution in [-0.4, -0.2) is 17.7 Å². The predicted octanol–water partition coefficient (Wildman–Crippen LogP) is 7.04. The number of rotatable bonds is 8. The number of hydrogen-bond donors (Lipinski definition) is 1. The van der Waals surface area contributed by atoms with E-state index in [0.717, 1.165) is 24.8 Å². The van der Waals surface area contributed by atoms with Crippen LogP contribution in [0.25, 0.3) is 0 Å². The van der Waals surface area contributed by atoms with E-state index >= 15 is 0 Å². The second-order valence-corrected chi connectivity index (χ2v) is 8.91. The van der Waals surface area contributed by atoms with Gasteiger partial charge in [0.05, 0.1) is 16.8 Å². The monoisotopic (exact) mass is 465 g/mol. The van der Waals surface area contributed by atoms with Crippen molar-refractivity contribution in [2.45, 2.75) is 58.0 Å². The first-order chi connectivity index (χ1) is 14.4. The predicted molar refractivity (Wildman–Crippen MR) is 127 cm³/mol. The summed E-state index contributed by atoms with van der Waals surface area (Å²) < 4.78 is 0. The summed E-state index contributed by atoms with van der Waals surface area (Å²) in [6.45, 7) is 4.21. The molecule has 0 saturated carbocycles. The second kappa shape index (κ2) is 10.5. The van der Waals surface area contributed by atoms with Crippen molar-refractivity contribution in [1.29, 1.82) is 0 Å². The Bertz CT molecular complexity index is 914. The summed E-state index contributed by atoms with van der Waals surface area (Å²) in [5.41, 5.74) is 2.20. The third-order valence-corrected chi connectivity index (χ3v) is 5.99. The zero-order valence-corrected chi connectivity index (χ0v) is 19.4. The molecule has 2 atom stereocenters. The van der Waals surface area contributed by atoms with Crippen molar-refractivity contribution in [3.05, 3.63) is 63.1 Å². The standard InChI is InChI=1S/C23H26Cl3N3O/c1-3-4-5-6-15(2)27-23(30)20-14-22(16-7-9-17(24)10-8-16)29(28-20)21-12-11-18(25)13-19(21)26/h7-13,15,22H,3-6,14H2,1-2H3,(H,27,30). The molecule has 0 saturated heterocycles. The van der Waals surface area contributed by atoms with Crippen molar-refractivity contribution in [2.24, 2.45) is 5.10 Å². The molecule has 0 bridgehead atoms. The molecule has 2 unspecified atom stereocenters. The number of hydrogen-bond acceptors (Lipinski definition) is 3. The fraction of sp³-hybridized carbons (Fsp3) is 0.391. The molecule has 1 N–H and O–H groups in total. The van der Waals surface area contributed by atoms with E-state index in [9.17, 15) is 4.79 Å². The van der Waals surface area contributed by atoms with Gasteiger partial charge in [0.1, 0.15) is 5.71 Å². The van der Waals surface area contributed by atoms with E-state index in [-0.39, 0.29) is 18.0 Å². The van der Waals surface area contributed by atoms with Crippen molar-refractivity contribution >= 4 is 52.1 Å². The highest BCUT2D eigenvalue weighted by molar-refractivity contribution is 6.40. The fourth-order valence-electron chi connectivity index (χ4n) is 3.56. The highest BCUT2D eigenvalue weighted by Crippen LogP contribution is 2.39. The molecule has 1 aliphatic rings. The van der Waals surface area contributed by atoms with E-state index in [1.807, 2.05) is 37.3 Å². The lowest BCUT2D eigenvalue weighted by molar-refractivity contribution is -0.115. The molecule has 0 aliphatic carbocycles. The van der Waals surface area contributed by atoms with Crippen molar-refractivity contribution in [2.75, 3.05) is 5.01 Å². The topological polar surface area (TPSA) is 44.7 Å². The minimum absolute atomic E-state index is 0.105. The molecule has 1 heterocycles. The van der Waals surface area contributed by atoms with Gasteiger partial charge in [-0.2, -0.15) is 5.10 Å². The van der Waals surface area contributed by atoms with Gasteiger partial charge in [0.2, 0.25) is 0 Å². The molecule has 1 aliphatic heterocycles. The van der Waals surface area contributed by atoms with Crippen LogP contribution >= 0.6 is 34.8 Å². The van der Waals surface area contributed by atoms with Crippen LogP contribution in [0.15, 0.2) is 47.6 Å². The first-order valence-corrected chi connectivity index (χ1v) is 11.4. The molecule has 0 radical (unpaired) electrons. The maximum absolute atomic E-state index is 12.9. The van der Waals surface area contributed by atoms with Gasteiger partial charge in [-0.25, -0.2) is 0 Å². The number of carbonyl (C=O) groups excluding carboxylic acids is 1. The Labute approximate surface area is 193 Å². The minimum atomic E-state index is -0.155. The lowest BCUT2D eigenvalue weighted by atomic mass is 10.0. The van der Waals surface area contributed by atoms with E-state index in [0.29, 0.717) is 32.9 Å². The van der Waals surface area contributed by atoms with E-state index in [4.69, 9.17) is 34.8 Å². The van der Waals surface area contributed by atoms with Crippen LogP contribution < -0.4 is 10.3 Å². The van der Waals surface area contributed by atoms with Crippen molar-refractivity contribution < 1.29 is 4.79 Å². The first kappa shape index (κ1) is 22.9. The first-order valence-electron chi connectivity index (χ1n) is 10.3. The number of carbonyl (C=O) groups is 1. The molecule has 4 nitrogen and oxygen atoms in total. The molecule has 3 rings (SSSR count). The van der Waals surface area contributed by atoms with Gasteiger partial charge in [0.25, 0.3) is 5.91 Å². The molecule has 2 aromatic rings. The summed E-state index contributed by atoms with van der Waals surface area (Å²) in [5, 5.41) is 11.2. The largest absolute Gasteiger partial charge is 0.348 e. The van der Waals surface area contributed by atoms with Crippen molar-refractivity contribution in [3.8, 4) is 0 Å². The quantitative estimate of drug-likeness (QED) is 0.424. The number of anilines is 1. The zero-order chi connectivity index (χ0) is 21.7. The van der Waals surface area contributed by atoms with Crippen LogP contribution in [0.3, 0.4) is 0 Å². The maximum Gasteiger partial charge on any atom is 0.267 e. The number of nitrogens with zero attached hydrogens (tertiary/aromatic N) is 2. The van der Waals surface area contributed by atoms with Crippen LogP contribution in [0.2, 0.25) is 15.1 Å². The van der Waals surface area contributed by atoms with Gasteiger partial charge in [-0.3, -0.25) is 9.80 Å². The smallest absolute Gasteiger partial charge is 0.267 e. The average Bonchev–Trinajstić information content (AvgIpc) is 3.14. The van der Waals surface area contributed by atoms with Crippen LogP contribution in [0.5, 0.6) is 0 Å². The van der Waals surface area contributed by atoms with E-state index < -0.39 is 0 Å². The molecule has 30 heavy (non-hydrogen) atoms. The molecular formula is C23H26Cl3N3O. The van der Waals surface area contributed by atoms with Crippen LogP contribution in [-0.2, 0) is 4.79 Å². The molecule has 160 valence electrons. The van der Waals surface area contributed by atoms with E-state index in [1.54, 1.807) is 17.1 Å². The number of amides is 1. The SMILES string of the molecule is CCCCCC(C)NC(=O)C1=NN(c2ccc(Cl)cc2Cl)C(c2ccc(Cl)cc2)C1. The van der Waals surface area contributed by atoms with Crippen LogP contribution in [0.1, 0.15) is 57.6 Å². The van der Waals surface area contributed by atoms with Crippen molar-refractivity contribution in [1.82, 2.24) is 5.32 Å². The highest BCUT2D eigenvalue weighted by Gasteiger charge is 2.33. The van der Waals surface area contributed by atoms with Gasteiger partial charge in [0, 0.05) is 22.5 Å². The van der Waals surface area contributed by atoms with Gasteiger partial charge < -0.3 is 5.32 Å². The molecular weight excluding hydrogens is 441 g/mol. The Morgan fingerprint density at radius 2 is 1.83 bits per heavy atom. The van der Waals surface area contributed by atoms with Gasteiger partial charge in [-0.1, -0.05) is 73.1 Å². The summed E-state index contributed by atoms with van der Waals surface area (Å²) >= 11 is 18.6. The lowest BCUT2D eigenvalue weighted by Crippen LogP contribution is -2.37. The molecule has 2 aromatic carbocycles. The summed E-state index contributed by atoms with van der Waals surface area (Å²) in [6, 6.07) is 12.8. The van der Waals surface area contributed by atoms with Gasteiger partial charge in [-0.15, -0.1) is 0 Å². The molecule has 0 spiro atoms. The van der Waals surface area contributed by atoms with E-state index in [1.165, 1.54) is 6.42 Å². The molecule has 0 aromatic heterocycles. The van der Waals surface area contributed by atoms with Crippen molar-refractivity contribution in [3.63, 3.8) is 0 Å². The lowest BCUT2D eigenvalue weighted by Gasteiger charge is -2.25. The normalized spacial score (nSPS) is 17.0. The second-order valence-electron chi connectivity index (χ2n) is 7.63. The zero-order valence-electron chi connectivity index (χ0n) is 17.2. The summed E-state index contributed by atoms with van der Waals surface area (Å²) in [4.78, 5) is 12.9. The molecule has 7 heteroatoms. The van der Waals surface area contributed by atoms with Gasteiger partial charge in [-0.05, 0) is 49.2 Å². The Hall–Kier alpha value is -1.75. The Balaban J connectivity index is 1.84. The summed E-state index contributed by atoms with van der Waals surface area (Å²) in [5.74, 6) is -0.134. The maximum atomic E-state index is 12.9. The number of halogens is 3. The average molecular weight is 467 g/mol. The van der Waals surface area contributed by atoms with Gasteiger partial charge >= 0.3 is 0 Å². The summed E-state index contributed by atoms with van der Waals surface area (Å²) in [6.07, 6.45) is 4.87. The van der Waals surface area contributed by atoms with Crippen LogP contribution in [0, 0.1) is 0 Å². The third kappa shape index (κ3) is 5.69. The number of hydrazone groups is 1. The number of unbranched alkanes of at least 4 members (excludes halogenated alkanes) is 2.